The first-order valence-electron chi connectivity index (χ1n) is 5.82. The van der Waals surface area contributed by atoms with E-state index in [0.717, 1.165) is 29.8 Å². The number of carbonyl (C=O) groups excluding carboxylic acids is 1. The van der Waals surface area contributed by atoms with Gasteiger partial charge in [0.1, 0.15) is 10.7 Å². The molecule has 0 amide bonds. The van der Waals surface area contributed by atoms with Crippen LogP contribution in [0.15, 0.2) is 17.8 Å². The Morgan fingerprint density at radius 2 is 2.24 bits per heavy atom. The van der Waals surface area contributed by atoms with E-state index >= 15 is 0 Å². The lowest BCUT2D eigenvalue weighted by Gasteiger charge is -2.08. The molecule has 0 unspecified atom stereocenters. The molecule has 3 rings (SSSR count). The molecule has 2 aromatic rings. The summed E-state index contributed by atoms with van der Waals surface area (Å²) < 4.78 is 1.95. The van der Waals surface area contributed by atoms with Crippen molar-refractivity contribution in [1.29, 1.82) is 0 Å². The van der Waals surface area contributed by atoms with Crippen LogP contribution in [0.5, 0.6) is 0 Å². The van der Waals surface area contributed by atoms with Crippen molar-refractivity contribution in [2.75, 3.05) is 0 Å². The van der Waals surface area contributed by atoms with Crippen LogP contribution >= 0.6 is 11.3 Å². The maximum atomic E-state index is 11.1. The maximum Gasteiger partial charge on any atom is 0.153 e. The smallest absolute Gasteiger partial charge is 0.153 e. The Morgan fingerprint density at radius 1 is 1.41 bits per heavy atom. The van der Waals surface area contributed by atoms with E-state index in [-0.39, 0.29) is 0 Å². The zero-order valence-electron chi connectivity index (χ0n) is 9.37. The summed E-state index contributed by atoms with van der Waals surface area (Å²) in [5.41, 5.74) is 1.37. The minimum Gasteiger partial charge on any atom is -0.298 e. The molecule has 17 heavy (non-hydrogen) atoms. The summed E-state index contributed by atoms with van der Waals surface area (Å²) in [6.07, 6.45) is 9.31. The number of carbonyl (C=O) groups is 1. The number of rotatable bonds is 3. The highest BCUT2D eigenvalue weighted by molar-refractivity contribution is 7.13. The van der Waals surface area contributed by atoms with Gasteiger partial charge < -0.3 is 0 Å². The summed E-state index contributed by atoms with van der Waals surface area (Å²) >= 11 is 1.52. The van der Waals surface area contributed by atoms with Gasteiger partial charge in [0.2, 0.25) is 0 Å². The number of nitrogens with zero attached hydrogens (tertiary/aromatic N) is 3. The van der Waals surface area contributed by atoms with Crippen LogP contribution in [0.2, 0.25) is 0 Å². The Bertz CT molecular complexity index is 512. The number of aromatic nitrogens is 3. The lowest BCUT2D eigenvalue weighted by molar-refractivity contribution is 0.112. The summed E-state index contributed by atoms with van der Waals surface area (Å²) in [6.45, 7) is 0. The highest BCUT2D eigenvalue weighted by atomic mass is 32.1. The average Bonchev–Trinajstić information content (AvgIpc) is 3.09. The van der Waals surface area contributed by atoms with E-state index < -0.39 is 0 Å². The second-order valence-electron chi connectivity index (χ2n) is 4.31. The third kappa shape index (κ3) is 1.91. The molecule has 0 spiro atoms. The van der Waals surface area contributed by atoms with Crippen molar-refractivity contribution in [2.45, 2.75) is 31.7 Å². The van der Waals surface area contributed by atoms with Gasteiger partial charge in [-0.2, -0.15) is 5.10 Å². The van der Waals surface area contributed by atoms with Crippen molar-refractivity contribution < 1.29 is 4.79 Å². The first kappa shape index (κ1) is 10.7. The van der Waals surface area contributed by atoms with Gasteiger partial charge in [-0.1, -0.05) is 12.8 Å². The predicted molar refractivity (Wildman–Crippen MR) is 66.2 cm³/mol. The molecule has 1 aliphatic carbocycles. The van der Waals surface area contributed by atoms with E-state index in [1.54, 1.807) is 6.20 Å². The fraction of sp³-hybridized carbons (Fsp3) is 0.417. The van der Waals surface area contributed by atoms with Crippen LogP contribution in [0.4, 0.5) is 0 Å². The molecule has 88 valence electrons. The molecule has 0 bridgehead atoms. The van der Waals surface area contributed by atoms with Gasteiger partial charge >= 0.3 is 0 Å². The average molecular weight is 247 g/mol. The van der Waals surface area contributed by atoms with Gasteiger partial charge in [0.05, 0.1) is 11.6 Å². The Hall–Kier alpha value is -1.49. The summed E-state index contributed by atoms with van der Waals surface area (Å²) in [7, 11) is 0. The number of hydrogen-bond acceptors (Lipinski definition) is 4. The Morgan fingerprint density at radius 3 is 2.88 bits per heavy atom. The largest absolute Gasteiger partial charge is 0.298 e. The van der Waals surface area contributed by atoms with Gasteiger partial charge in [-0.15, -0.1) is 11.3 Å². The van der Waals surface area contributed by atoms with E-state index in [1.165, 1.54) is 24.2 Å². The fourth-order valence-electron chi connectivity index (χ4n) is 2.35. The predicted octanol–water partition coefficient (Wildman–Crippen LogP) is 2.93. The van der Waals surface area contributed by atoms with Crippen molar-refractivity contribution >= 4 is 17.6 Å². The quantitative estimate of drug-likeness (QED) is 0.783. The van der Waals surface area contributed by atoms with E-state index in [1.807, 2.05) is 16.3 Å². The number of thiazole rings is 1. The van der Waals surface area contributed by atoms with Gasteiger partial charge in [0.15, 0.2) is 6.29 Å². The number of aldehydes is 1. The highest BCUT2D eigenvalue weighted by Gasteiger charge is 2.21. The van der Waals surface area contributed by atoms with Crippen LogP contribution in [-0.2, 0) is 0 Å². The second kappa shape index (κ2) is 4.41. The van der Waals surface area contributed by atoms with Crippen LogP contribution in [0.1, 0.15) is 42.1 Å². The van der Waals surface area contributed by atoms with Gasteiger partial charge in [0.25, 0.3) is 0 Å². The van der Waals surface area contributed by atoms with E-state index in [2.05, 4.69) is 10.1 Å². The molecule has 1 aliphatic rings. The molecular weight excluding hydrogens is 234 g/mol. The molecule has 0 aromatic carbocycles. The summed E-state index contributed by atoms with van der Waals surface area (Å²) in [6, 6.07) is 0.461. The first-order chi connectivity index (χ1) is 8.38. The molecule has 1 fully saturated rings. The van der Waals surface area contributed by atoms with Gasteiger partial charge in [0, 0.05) is 17.8 Å². The molecule has 0 atom stereocenters. The van der Waals surface area contributed by atoms with Crippen molar-refractivity contribution in [2.24, 2.45) is 0 Å². The Labute approximate surface area is 103 Å². The van der Waals surface area contributed by atoms with E-state index in [0.29, 0.717) is 11.6 Å². The normalized spacial score (nSPS) is 16.5. The minimum atomic E-state index is 0.461. The second-order valence-corrected chi connectivity index (χ2v) is 5.20. The van der Waals surface area contributed by atoms with Gasteiger partial charge in [-0.25, -0.2) is 4.98 Å². The summed E-state index contributed by atoms with van der Waals surface area (Å²) in [4.78, 5) is 15.3. The van der Waals surface area contributed by atoms with Crippen LogP contribution in [-0.4, -0.2) is 21.1 Å². The molecular formula is C12H13N3OS. The lowest BCUT2D eigenvalue weighted by Crippen LogP contribution is -2.04. The van der Waals surface area contributed by atoms with E-state index in [9.17, 15) is 4.79 Å². The van der Waals surface area contributed by atoms with Gasteiger partial charge in [-0.3, -0.25) is 9.48 Å². The van der Waals surface area contributed by atoms with Crippen LogP contribution in [0.3, 0.4) is 0 Å². The Balaban J connectivity index is 2.00. The standard InChI is InChI=1S/C12H13N3OS/c16-8-9-7-15(10-3-1-2-4-10)14-11(9)12-13-5-6-17-12/h5-8,10H,1-4H2. The molecule has 2 aromatic heterocycles. The molecule has 0 saturated heterocycles. The third-order valence-corrected chi connectivity index (χ3v) is 4.00. The topological polar surface area (TPSA) is 47.8 Å². The van der Waals surface area contributed by atoms with Crippen LogP contribution in [0.25, 0.3) is 10.7 Å². The zero-order chi connectivity index (χ0) is 11.7. The van der Waals surface area contributed by atoms with Crippen LogP contribution < -0.4 is 0 Å². The lowest BCUT2D eigenvalue weighted by atomic mass is 10.2. The molecule has 5 heteroatoms. The maximum absolute atomic E-state index is 11.1. The minimum absolute atomic E-state index is 0.461. The molecule has 4 nitrogen and oxygen atoms in total. The van der Waals surface area contributed by atoms with Crippen molar-refractivity contribution in [3.63, 3.8) is 0 Å². The molecule has 2 heterocycles. The monoisotopic (exact) mass is 247 g/mol. The molecule has 0 radical (unpaired) electrons. The third-order valence-electron chi connectivity index (χ3n) is 3.22. The van der Waals surface area contributed by atoms with Crippen molar-refractivity contribution in [3.8, 4) is 10.7 Å². The van der Waals surface area contributed by atoms with Crippen molar-refractivity contribution in [1.82, 2.24) is 14.8 Å². The number of hydrogen-bond donors (Lipinski definition) is 0. The first-order valence-corrected chi connectivity index (χ1v) is 6.70. The van der Waals surface area contributed by atoms with Gasteiger partial charge in [-0.05, 0) is 12.8 Å². The Kier molecular flexibility index (Phi) is 2.76. The van der Waals surface area contributed by atoms with E-state index in [4.69, 9.17) is 0 Å². The molecule has 0 N–H and O–H groups in total. The zero-order valence-corrected chi connectivity index (χ0v) is 10.2. The highest BCUT2D eigenvalue weighted by Crippen LogP contribution is 2.31. The van der Waals surface area contributed by atoms with Crippen LogP contribution in [0, 0.1) is 0 Å². The SMILES string of the molecule is O=Cc1cn(C2CCCC2)nc1-c1nccs1. The summed E-state index contributed by atoms with van der Waals surface area (Å²) in [5, 5.41) is 7.26. The molecule has 1 saturated carbocycles. The summed E-state index contributed by atoms with van der Waals surface area (Å²) in [5.74, 6) is 0. The molecule has 0 aliphatic heterocycles. The fourth-order valence-corrected chi connectivity index (χ4v) is 3.00. The van der Waals surface area contributed by atoms with Crippen molar-refractivity contribution in [3.05, 3.63) is 23.3 Å².